The van der Waals surface area contributed by atoms with Crippen LogP contribution in [0.2, 0.25) is 0 Å². The minimum absolute atomic E-state index is 0.617. The molecule has 0 aromatic carbocycles. The van der Waals surface area contributed by atoms with Crippen molar-refractivity contribution in [1.29, 1.82) is 0 Å². The van der Waals surface area contributed by atoms with E-state index in [1.54, 1.807) is 0 Å². The summed E-state index contributed by atoms with van der Waals surface area (Å²) in [5, 5.41) is 5.89. The van der Waals surface area contributed by atoms with Crippen LogP contribution in [0.15, 0.2) is 17.5 Å². The van der Waals surface area contributed by atoms with E-state index in [1.165, 1.54) is 37.2 Å². The molecule has 0 aliphatic carbocycles. The van der Waals surface area contributed by atoms with Gasteiger partial charge in [0.1, 0.15) is 0 Å². The fourth-order valence-corrected chi connectivity index (χ4v) is 3.68. The van der Waals surface area contributed by atoms with Crippen LogP contribution in [0, 0.1) is 5.92 Å². The number of nitrogens with one attached hydrogen (secondary N) is 1. The van der Waals surface area contributed by atoms with Gasteiger partial charge in [0.25, 0.3) is 0 Å². The molecule has 108 valence electrons. The predicted molar refractivity (Wildman–Crippen MR) is 84.7 cm³/mol. The average Bonchev–Trinajstić information content (AvgIpc) is 2.91. The second-order valence-electron chi connectivity index (χ2n) is 6.05. The molecule has 0 radical (unpaired) electrons. The topological polar surface area (TPSA) is 15.3 Å². The van der Waals surface area contributed by atoms with E-state index in [2.05, 4.69) is 48.5 Å². The molecule has 1 saturated heterocycles. The maximum atomic E-state index is 3.71. The van der Waals surface area contributed by atoms with E-state index in [9.17, 15) is 0 Å². The molecule has 2 unspecified atom stereocenters. The minimum Gasteiger partial charge on any atom is -0.313 e. The molecule has 1 aliphatic heterocycles. The summed E-state index contributed by atoms with van der Waals surface area (Å²) in [5.74, 6) is 0.932. The summed E-state index contributed by atoms with van der Waals surface area (Å²) in [4.78, 5) is 4.10. The SMILES string of the molecule is CCC1CCNC(CN(Cc2cccs2)C(C)C)C1. The second-order valence-corrected chi connectivity index (χ2v) is 7.08. The van der Waals surface area contributed by atoms with Crippen LogP contribution in [0.3, 0.4) is 0 Å². The van der Waals surface area contributed by atoms with E-state index in [4.69, 9.17) is 0 Å². The predicted octanol–water partition coefficient (Wildman–Crippen LogP) is 3.74. The molecule has 1 N–H and O–H groups in total. The maximum absolute atomic E-state index is 3.71. The number of hydrogen-bond donors (Lipinski definition) is 1. The zero-order chi connectivity index (χ0) is 13.7. The van der Waals surface area contributed by atoms with Gasteiger partial charge in [-0.15, -0.1) is 11.3 Å². The molecule has 0 bridgehead atoms. The summed E-state index contributed by atoms with van der Waals surface area (Å²) in [7, 11) is 0. The van der Waals surface area contributed by atoms with Crippen molar-refractivity contribution in [3.63, 3.8) is 0 Å². The molecule has 2 atom stereocenters. The molecular weight excluding hydrogens is 252 g/mol. The molecule has 2 heterocycles. The van der Waals surface area contributed by atoms with Gasteiger partial charge in [-0.05, 0) is 50.6 Å². The first-order valence-corrected chi connectivity index (χ1v) is 8.56. The van der Waals surface area contributed by atoms with Gasteiger partial charge in [-0.3, -0.25) is 4.90 Å². The first kappa shape index (κ1) is 15.0. The van der Waals surface area contributed by atoms with Gasteiger partial charge < -0.3 is 5.32 Å². The molecule has 1 fully saturated rings. The van der Waals surface area contributed by atoms with Crippen molar-refractivity contribution in [3.8, 4) is 0 Å². The van der Waals surface area contributed by atoms with Crippen molar-refractivity contribution in [1.82, 2.24) is 10.2 Å². The lowest BCUT2D eigenvalue weighted by molar-refractivity contribution is 0.163. The largest absolute Gasteiger partial charge is 0.313 e. The van der Waals surface area contributed by atoms with Crippen LogP contribution in [0.1, 0.15) is 44.9 Å². The molecule has 1 aromatic rings. The number of piperidine rings is 1. The molecule has 19 heavy (non-hydrogen) atoms. The van der Waals surface area contributed by atoms with E-state index < -0.39 is 0 Å². The fraction of sp³-hybridized carbons (Fsp3) is 0.750. The van der Waals surface area contributed by atoms with Gasteiger partial charge in [0.05, 0.1) is 0 Å². The number of hydrogen-bond acceptors (Lipinski definition) is 3. The normalized spacial score (nSPS) is 24.3. The first-order valence-electron chi connectivity index (χ1n) is 7.68. The van der Waals surface area contributed by atoms with Crippen LogP contribution in [0.5, 0.6) is 0 Å². The van der Waals surface area contributed by atoms with Crippen molar-refractivity contribution in [2.24, 2.45) is 5.92 Å². The Bertz CT molecular complexity index is 348. The Kier molecular flexibility index (Phi) is 5.86. The molecule has 0 saturated carbocycles. The van der Waals surface area contributed by atoms with E-state index in [0.717, 1.165) is 12.5 Å². The first-order chi connectivity index (χ1) is 9.19. The molecule has 0 amide bonds. The third-order valence-corrected chi connectivity index (χ3v) is 5.17. The lowest BCUT2D eigenvalue weighted by atomic mass is 9.90. The molecule has 1 aliphatic rings. The lowest BCUT2D eigenvalue weighted by Gasteiger charge is -2.35. The summed E-state index contributed by atoms with van der Waals surface area (Å²) in [5.41, 5.74) is 0. The highest BCUT2D eigenvalue weighted by atomic mass is 32.1. The van der Waals surface area contributed by atoms with Crippen molar-refractivity contribution in [2.45, 2.75) is 58.7 Å². The molecule has 2 rings (SSSR count). The standard InChI is InChI=1S/C16H28N2S/c1-4-14-7-8-17-15(10-14)11-18(13(2)3)12-16-6-5-9-19-16/h5-6,9,13-15,17H,4,7-8,10-12H2,1-3H3. The van der Waals surface area contributed by atoms with Gasteiger partial charge in [-0.1, -0.05) is 19.4 Å². The van der Waals surface area contributed by atoms with Gasteiger partial charge in [-0.2, -0.15) is 0 Å². The Hall–Kier alpha value is -0.380. The Balaban J connectivity index is 1.89. The number of nitrogens with zero attached hydrogens (tertiary/aromatic N) is 1. The van der Waals surface area contributed by atoms with Crippen LogP contribution in [-0.2, 0) is 6.54 Å². The third kappa shape index (κ3) is 4.59. The van der Waals surface area contributed by atoms with Crippen molar-refractivity contribution < 1.29 is 0 Å². The van der Waals surface area contributed by atoms with Gasteiger partial charge >= 0.3 is 0 Å². The van der Waals surface area contributed by atoms with E-state index >= 15 is 0 Å². The Morgan fingerprint density at radius 1 is 1.47 bits per heavy atom. The van der Waals surface area contributed by atoms with Gasteiger partial charge in [0, 0.05) is 30.1 Å². The highest BCUT2D eigenvalue weighted by Gasteiger charge is 2.23. The zero-order valence-corrected chi connectivity index (χ0v) is 13.4. The summed E-state index contributed by atoms with van der Waals surface area (Å²) < 4.78 is 0. The highest BCUT2D eigenvalue weighted by Crippen LogP contribution is 2.21. The quantitative estimate of drug-likeness (QED) is 0.854. The summed E-state index contributed by atoms with van der Waals surface area (Å²) >= 11 is 1.87. The van der Waals surface area contributed by atoms with Crippen LogP contribution in [0.4, 0.5) is 0 Å². The molecule has 1 aromatic heterocycles. The van der Waals surface area contributed by atoms with Crippen molar-refractivity contribution in [3.05, 3.63) is 22.4 Å². The van der Waals surface area contributed by atoms with Crippen molar-refractivity contribution in [2.75, 3.05) is 13.1 Å². The Labute approximate surface area is 122 Å². The maximum Gasteiger partial charge on any atom is 0.0331 e. The summed E-state index contributed by atoms with van der Waals surface area (Å²) in [6.07, 6.45) is 4.05. The average molecular weight is 280 g/mol. The molecular formula is C16H28N2S. The molecule has 0 spiro atoms. The van der Waals surface area contributed by atoms with E-state index in [-0.39, 0.29) is 0 Å². The summed E-state index contributed by atoms with van der Waals surface area (Å²) in [6.45, 7) is 10.4. The van der Waals surface area contributed by atoms with E-state index in [1.807, 2.05) is 11.3 Å². The Morgan fingerprint density at radius 2 is 2.32 bits per heavy atom. The van der Waals surface area contributed by atoms with Crippen LogP contribution >= 0.6 is 11.3 Å². The zero-order valence-electron chi connectivity index (χ0n) is 12.6. The molecule has 3 heteroatoms. The fourth-order valence-electron chi connectivity index (χ4n) is 2.95. The van der Waals surface area contributed by atoms with Gasteiger partial charge in [0.15, 0.2) is 0 Å². The second kappa shape index (κ2) is 7.41. The molecule has 2 nitrogen and oxygen atoms in total. The van der Waals surface area contributed by atoms with Gasteiger partial charge in [-0.25, -0.2) is 0 Å². The van der Waals surface area contributed by atoms with Crippen molar-refractivity contribution >= 4 is 11.3 Å². The van der Waals surface area contributed by atoms with Crippen LogP contribution in [0.25, 0.3) is 0 Å². The third-order valence-electron chi connectivity index (χ3n) is 4.31. The van der Waals surface area contributed by atoms with Crippen LogP contribution in [-0.4, -0.2) is 30.1 Å². The highest BCUT2D eigenvalue weighted by molar-refractivity contribution is 7.09. The minimum atomic E-state index is 0.617. The summed E-state index contributed by atoms with van der Waals surface area (Å²) in [6, 6.07) is 5.71. The van der Waals surface area contributed by atoms with Gasteiger partial charge in [0.2, 0.25) is 0 Å². The monoisotopic (exact) mass is 280 g/mol. The number of thiophene rings is 1. The smallest absolute Gasteiger partial charge is 0.0331 e. The van der Waals surface area contributed by atoms with E-state index in [0.29, 0.717) is 12.1 Å². The van der Waals surface area contributed by atoms with Crippen LogP contribution < -0.4 is 5.32 Å². The number of rotatable bonds is 6. The Morgan fingerprint density at radius 3 is 2.95 bits per heavy atom. The lowest BCUT2D eigenvalue weighted by Crippen LogP contribution is -2.47.